The Labute approximate surface area is 190 Å². The van der Waals surface area contributed by atoms with Crippen LogP contribution in [-0.2, 0) is 4.74 Å². The second-order valence-electron chi connectivity index (χ2n) is 8.39. The third kappa shape index (κ3) is 3.10. The molecule has 1 atom stereocenters. The van der Waals surface area contributed by atoms with Crippen LogP contribution >= 0.6 is 11.6 Å². The second kappa shape index (κ2) is 7.89. The summed E-state index contributed by atoms with van der Waals surface area (Å²) >= 11 is 6.62. The van der Waals surface area contributed by atoms with Crippen LogP contribution in [0.25, 0.3) is 11.0 Å². The maximum absolute atomic E-state index is 9.87. The van der Waals surface area contributed by atoms with Crippen LogP contribution in [0.5, 0.6) is 5.75 Å². The smallest absolute Gasteiger partial charge is 0.164 e. The Morgan fingerprint density at radius 2 is 2.09 bits per heavy atom. The summed E-state index contributed by atoms with van der Waals surface area (Å²) in [6, 6.07) is 4.30. The first-order valence-electron chi connectivity index (χ1n) is 10.5. The number of nitrogen functional groups attached to an aromatic ring is 1. The highest BCUT2D eigenvalue weighted by molar-refractivity contribution is 6.32. The first kappa shape index (κ1) is 20.9. The molecule has 3 aromatic rings. The minimum atomic E-state index is -0.254. The summed E-state index contributed by atoms with van der Waals surface area (Å²) < 4.78 is 13.0. The normalized spacial score (nSPS) is 18.2. The van der Waals surface area contributed by atoms with E-state index in [-0.39, 0.29) is 12.0 Å². The molecule has 2 aliphatic heterocycles. The van der Waals surface area contributed by atoms with Gasteiger partial charge in [-0.05, 0) is 19.9 Å². The Morgan fingerprint density at radius 1 is 1.34 bits per heavy atom. The summed E-state index contributed by atoms with van der Waals surface area (Å²) in [5, 5.41) is 15.7. The zero-order valence-electron chi connectivity index (χ0n) is 18.2. The number of nitrogens with zero attached hydrogens (tertiary/aromatic N) is 6. The molecule has 1 aromatic carbocycles. The third-order valence-corrected chi connectivity index (χ3v) is 6.88. The Balaban J connectivity index is 1.60. The molecule has 4 heterocycles. The highest BCUT2D eigenvalue weighted by Crippen LogP contribution is 2.44. The van der Waals surface area contributed by atoms with Gasteiger partial charge in [-0.3, -0.25) is 4.90 Å². The van der Waals surface area contributed by atoms with E-state index >= 15 is 0 Å². The minimum Gasteiger partial charge on any atom is -0.496 e. The van der Waals surface area contributed by atoms with Crippen molar-refractivity contribution < 1.29 is 9.47 Å². The zero-order valence-corrected chi connectivity index (χ0v) is 18.9. The summed E-state index contributed by atoms with van der Waals surface area (Å²) in [7, 11) is 1.63. The summed E-state index contributed by atoms with van der Waals surface area (Å²) in [5.41, 5.74) is 9.65. The van der Waals surface area contributed by atoms with Gasteiger partial charge in [0.2, 0.25) is 0 Å². The molecule has 166 valence electrons. The Kier molecular flexibility index (Phi) is 5.16. The number of hydrogen-bond acceptors (Lipinski definition) is 8. The SMILES string of the molecule is COc1c(C(C)n2nc(C)c3c(N)ncnc32)cc(Cl)c(C#N)c1C1CN(C2COC2)C1. The van der Waals surface area contributed by atoms with Crippen molar-refractivity contribution in [3.63, 3.8) is 0 Å². The van der Waals surface area contributed by atoms with E-state index in [0.29, 0.717) is 33.8 Å². The number of likely N-dealkylation sites (tertiary alicyclic amines) is 1. The highest BCUT2D eigenvalue weighted by atomic mass is 35.5. The van der Waals surface area contributed by atoms with Gasteiger partial charge in [0.15, 0.2) is 5.65 Å². The molecule has 0 amide bonds. The first-order chi connectivity index (χ1) is 15.4. The van der Waals surface area contributed by atoms with E-state index in [1.807, 2.05) is 18.5 Å². The predicted octanol–water partition coefficient (Wildman–Crippen LogP) is 2.66. The Morgan fingerprint density at radius 3 is 2.72 bits per heavy atom. The molecule has 0 spiro atoms. The molecule has 1 unspecified atom stereocenters. The predicted molar refractivity (Wildman–Crippen MR) is 120 cm³/mol. The summed E-state index contributed by atoms with van der Waals surface area (Å²) in [6.07, 6.45) is 1.43. The Bertz CT molecular complexity index is 1240. The average molecular weight is 454 g/mol. The van der Waals surface area contributed by atoms with Crippen LogP contribution in [0.4, 0.5) is 5.82 Å². The topological polar surface area (TPSA) is 115 Å². The van der Waals surface area contributed by atoms with Crippen LogP contribution < -0.4 is 10.5 Å². The van der Waals surface area contributed by atoms with Gasteiger partial charge in [0.05, 0.1) is 54.1 Å². The fraction of sp³-hybridized carbons (Fsp3) is 0.455. The molecule has 0 saturated carbocycles. The van der Waals surface area contributed by atoms with Gasteiger partial charge in [0.25, 0.3) is 0 Å². The minimum absolute atomic E-state index is 0.166. The van der Waals surface area contributed by atoms with E-state index in [9.17, 15) is 5.26 Å². The van der Waals surface area contributed by atoms with Crippen LogP contribution in [0.3, 0.4) is 0 Å². The van der Waals surface area contributed by atoms with E-state index in [0.717, 1.165) is 48.5 Å². The van der Waals surface area contributed by atoms with Crippen molar-refractivity contribution in [2.24, 2.45) is 0 Å². The molecule has 0 bridgehead atoms. The molecule has 2 fully saturated rings. The monoisotopic (exact) mass is 453 g/mol. The lowest BCUT2D eigenvalue weighted by Gasteiger charge is -2.48. The van der Waals surface area contributed by atoms with Crippen LogP contribution in [0.1, 0.15) is 41.3 Å². The van der Waals surface area contributed by atoms with Crippen molar-refractivity contribution in [2.45, 2.75) is 31.8 Å². The number of halogens is 1. The molecular weight excluding hydrogens is 430 g/mol. The lowest BCUT2D eigenvalue weighted by atomic mass is 9.84. The van der Waals surface area contributed by atoms with Gasteiger partial charge in [-0.1, -0.05) is 11.6 Å². The molecule has 2 aliphatic rings. The number of aryl methyl sites for hydroxylation is 1. The molecular formula is C22H24ClN7O2. The fourth-order valence-corrected chi connectivity index (χ4v) is 4.97. The summed E-state index contributed by atoms with van der Waals surface area (Å²) in [5.74, 6) is 1.24. The van der Waals surface area contributed by atoms with Gasteiger partial charge in [0, 0.05) is 30.1 Å². The first-order valence-corrected chi connectivity index (χ1v) is 10.9. The number of rotatable bonds is 5. The van der Waals surface area contributed by atoms with E-state index in [1.165, 1.54) is 6.33 Å². The van der Waals surface area contributed by atoms with E-state index in [1.54, 1.807) is 13.2 Å². The lowest BCUT2D eigenvalue weighted by molar-refractivity contribution is -0.0907. The van der Waals surface area contributed by atoms with Gasteiger partial charge in [-0.2, -0.15) is 10.4 Å². The number of ether oxygens (including phenoxy) is 2. The molecule has 9 nitrogen and oxygen atoms in total. The number of benzene rings is 1. The number of aromatic nitrogens is 4. The molecule has 2 aromatic heterocycles. The van der Waals surface area contributed by atoms with Crippen LogP contribution in [-0.4, -0.2) is 64.1 Å². The lowest BCUT2D eigenvalue weighted by Crippen LogP contribution is -2.58. The average Bonchev–Trinajstić information content (AvgIpc) is 3.05. The Hall–Kier alpha value is -2.93. The maximum atomic E-state index is 9.87. The largest absolute Gasteiger partial charge is 0.496 e. The number of methoxy groups -OCH3 is 1. The van der Waals surface area contributed by atoms with Gasteiger partial charge >= 0.3 is 0 Å². The summed E-state index contributed by atoms with van der Waals surface area (Å²) in [4.78, 5) is 10.9. The molecule has 0 radical (unpaired) electrons. The van der Waals surface area contributed by atoms with Crippen molar-refractivity contribution in [1.82, 2.24) is 24.6 Å². The van der Waals surface area contributed by atoms with Gasteiger partial charge in [0.1, 0.15) is 24.0 Å². The van der Waals surface area contributed by atoms with Crippen molar-refractivity contribution in [2.75, 3.05) is 39.1 Å². The van der Waals surface area contributed by atoms with E-state index in [4.69, 9.17) is 26.8 Å². The number of anilines is 1. The van der Waals surface area contributed by atoms with Crippen molar-refractivity contribution in [3.05, 3.63) is 39.8 Å². The molecule has 10 heteroatoms. The van der Waals surface area contributed by atoms with Crippen LogP contribution in [0.15, 0.2) is 12.4 Å². The zero-order chi connectivity index (χ0) is 22.6. The fourth-order valence-electron chi connectivity index (χ4n) is 4.71. The number of hydrogen-bond donors (Lipinski definition) is 1. The molecule has 32 heavy (non-hydrogen) atoms. The van der Waals surface area contributed by atoms with Crippen LogP contribution in [0.2, 0.25) is 5.02 Å². The quantitative estimate of drug-likeness (QED) is 0.626. The number of nitriles is 1. The van der Waals surface area contributed by atoms with E-state index in [2.05, 4.69) is 26.0 Å². The van der Waals surface area contributed by atoms with E-state index < -0.39 is 0 Å². The van der Waals surface area contributed by atoms with Gasteiger partial charge in [-0.25, -0.2) is 14.6 Å². The third-order valence-electron chi connectivity index (χ3n) is 6.58. The maximum Gasteiger partial charge on any atom is 0.164 e. The summed E-state index contributed by atoms with van der Waals surface area (Å²) in [6.45, 7) is 7.12. The van der Waals surface area contributed by atoms with Crippen LogP contribution in [0, 0.1) is 18.3 Å². The number of fused-ring (bicyclic) bond motifs is 1. The van der Waals surface area contributed by atoms with Gasteiger partial charge < -0.3 is 15.2 Å². The van der Waals surface area contributed by atoms with Gasteiger partial charge in [-0.15, -0.1) is 0 Å². The molecule has 2 N–H and O–H groups in total. The van der Waals surface area contributed by atoms with Crippen molar-refractivity contribution >= 4 is 28.5 Å². The van der Waals surface area contributed by atoms with Crippen molar-refractivity contribution in [1.29, 1.82) is 5.26 Å². The molecule has 5 rings (SSSR count). The van der Waals surface area contributed by atoms with Crippen molar-refractivity contribution in [3.8, 4) is 11.8 Å². The standard InChI is InChI=1S/C22H24ClN7O2/c1-11-18-21(25)26-10-27-22(18)30(28-11)12(2)15-4-17(23)16(5-24)19(20(15)31-3)13-6-29(7-13)14-8-32-9-14/h4,10,12-14H,6-9H2,1-3H3,(H2,25,26,27). The molecule has 0 aliphatic carbocycles. The highest BCUT2D eigenvalue weighted by Gasteiger charge is 2.40. The molecule has 2 saturated heterocycles. The second-order valence-corrected chi connectivity index (χ2v) is 8.79. The number of nitrogens with two attached hydrogens (primary N) is 1.